The molecule has 10 rings (SSSR count). The minimum atomic E-state index is 0.613. The number of thiazole rings is 1. The van der Waals surface area contributed by atoms with E-state index < -0.39 is 0 Å². The van der Waals surface area contributed by atoms with Crippen LogP contribution in [0.2, 0.25) is 0 Å². The maximum absolute atomic E-state index is 6.08. The van der Waals surface area contributed by atoms with Gasteiger partial charge >= 0.3 is 0 Å². The Morgan fingerprint density at radius 2 is 0.961 bits per heavy atom. The van der Waals surface area contributed by atoms with Crippen molar-refractivity contribution in [3.63, 3.8) is 0 Å². The van der Waals surface area contributed by atoms with Gasteiger partial charge in [-0.05, 0) is 130 Å². The van der Waals surface area contributed by atoms with Gasteiger partial charge in [0, 0.05) is 28.2 Å². The summed E-state index contributed by atoms with van der Waals surface area (Å²) in [4.78, 5) is 11.9. The number of aromatic nitrogens is 2. The zero-order chi connectivity index (χ0) is 33.7. The standard InChI is InChI=1S/C46H29N3OS/c1-2-8-33-27-34(14-13-30(33)7-1)35-15-16-37-29-40(26-21-36(37)28-35)49(38-22-17-31(18-23-38)45-47-41-9-3-5-11-43(41)50-45)39-24-19-32(20-25-39)46-48-42-10-4-6-12-44(42)51-46/h1-29H. The van der Waals surface area contributed by atoms with Crippen molar-refractivity contribution in [2.24, 2.45) is 0 Å². The molecule has 51 heavy (non-hydrogen) atoms. The number of hydrogen-bond donors (Lipinski definition) is 0. The zero-order valence-electron chi connectivity index (χ0n) is 27.4. The van der Waals surface area contributed by atoms with Crippen LogP contribution in [-0.2, 0) is 0 Å². The van der Waals surface area contributed by atoms with E-state index in [4.69, 9.17) is 14.4 Å². The predicted octanol–water partition coefficient (Wildman–Crippen LogP) is 13.2. The molecule has 2 heterocycles. The summed E-state index contributed by atoms with van der Waals surface area (Å²) < 4.78 is 7.27. The van der Waals surface area contributed by atoms with E-state index in [1.807, 2.05) is 30.3 Å². The van der Waals surface area contributed by atoms with Crippen molar-refractivity contribution in [1.82, 2.24) is 9.97 Å². The second kappa shape index (κ2) is 12.1. The van der Waals surface area contributed by atoms with E-state index in [0.29, 0.717) is 5.89 Å². The Kier molecular flexibility index (Phi) is 6.96. The first-order chi connectivity index (χ1) is 25.2. The molecule has 0 spiro atoms. The van der Waals surface area contributed by atoms with Crippen LogP contribution in [0, 0.1) is 0 Å². The lowest BCUT2D eigenvalue weighted by molar-refractivity contribution is 0.620. The highest BCUT2D eigenvalue weighted by atomic mass is 32.1. The van der Waals surface area contributed by atoms with Crippen molar-refractivity contribution in [3.8, 4) is 33.2 Å². The van der Waals surface area contributed by atoms with Crippen LogP contribution in [0.1, 0.15) is 0 Å². The summed E-state index contributed by atoms with van der Waals surface area (Å²) in [5, 5.41) is 5.89. The highest BCUT2D eigenvalue weighted by Gasteiger charge is 2.16. The first-order valence-corrected chi connectivity index (χ1v) is 17.8. The van der Waals surface area contributed by atoms with Crippen molar-refractivity contribution < 1.29 is 4.42 Å². The fourth-order valence-corrected chi connectivity index (χ4v) is 7.84. The molecular formula is C46H29N3OS. The highest BCUT2D eigenvalue weighted by molar-refractivity contribution is 7.21. The first-order valence-electron chi connectivity index (χ1n) is 17.0. The predicted molar refractivity (Wildman–Crippen MR) is 213 cm³/mol. The summed E-state index contributed by atoms with van der Waals surface area (Å²) in [6, 6.07) is 62.0. The number of para-hydroxylation sites is 3. The summed E-state index contributed by atoms with van der Waals surface area (Å²) in [5.41, 5.74) is 10.3. The summed E-state index contributed by atoms with van der Waals surface area (Å²) in [5.74, 6) is 0.613. The summed E-state index contributed by atoms with van der Waals surface area (Å²) >= 11 is 1.72. The molecule has 0 aliphatic heterocycles. The van der Waals surface area contributed by atoms with Crippen molar-refractivity contribution in [2.45, 2.75) is 0 Å². The number of oxazole rings is 1. The van der Waals surface area contributed by atoms with Gasteiger partial charge in [0.2, 0.25) is 5.89 Å². The van der Waals surface area contributed by atoms with Gasteiger partial charge < -0.3 is 9.32 Å². The van der Waals surface area contributed by atoms with Crippen LogP contribution in [0.3, 0.4) is 0 Å². The smallest absolute Gasteiger partial charge is 0.227 e. The number of benzene rings is 8. The molecule has 0 aliphatic rings. The summed E-state index contributed by atoms with van der Waals surface area (Å²) in [7, 11) is 0. The van der Waals surface area contributed by atoms with Gasteiger partial charge in [-0.3, -0.25) is 0 Å². The fourth-order valence-electron chi connectivity index (χ4n) is 6.87. The molecule has 0 saturated heterocycles. The molecule has 0 bridgehead atoms. The minimum Gasteiger partial charge on any atom is -0.436 e. The topological polar surface area (TPSA) is 42.2 Å². The Morgan fingerprint density at radius 3 is 1.71 bits per heavy atom. The second-order valence-corrected chi connectivity index (χ2v) is 13.7. The Balaban J connectivity index is 1.04. The number of rotatable bonds is 6. The molecule has 0 atom stereocenters. The van der Waals surface area contributed by atoms with E-state index in [1.165, 1.54) is 37.4 Å². The number of hydrogen-bond acceptors (Lipinski definition) is 5. The first kappa shape index (κ1) is 29.4. The van der Waals surface area contributed by atoms with Gasteiger partial charge in [-0.1, -0.05) is 78.9 Å². The van der Waals surface area contributed by atoms with Crippen LogP contribution in [0.5, 0.6) is 0 Å². The summed E-state index contributed by atoms with van der Waals surface area (Å²) in [6.45, 7) is 0. The lowest BCUT2D eigenvalue weighted by Gasteiger charge is -2.26. The molecule has 0 aliphatic carbocycles. The molecular weight excluding hydrogens is 643 g/mol. The van der Waals surface area contributed by atoms with Gasteiger partial charge in [0.15, 0.2) is 5.58 Å². The molecule has 0 amide bonds. The van der Waals surface area contributed by atoms with Gasteiger partial charge in [0.1, 0.15) is 10.5 Å². The monoisotopic (exact) mass is 671 g/mol. The highest BCUT2D eigenvalue weighted by Crippen LogP contribution is 2.39. The van der Waals surface area contributed by atoms with E-state index in [0.717, 1.165) is 49.8 Å². The quantitative estimate of drug-likeness (QED) is 0.176. The SMILES string of the molecule is c1ccc2cc(-c3ccc4cc(N(c5ccc(-c6nc7ccccc7o6)cc5)c5ccc(-c6nc7ccccc7s6)cc5)ccc4c3)ccc2c1. The summed E-state index contributed by atoms with van der Waals surface area (Å²) in [6.07, 6.45) is 0. The van der Waals surface area contributed by atoms with Crippen LogP contribution in [-0.4, -0.2) is 9.97 Å². The molecule has 10 aromatic rings. The van der Waals surface area contributed by atoms with E-state index in [9.17, 15) is 0 Å². The van der Waals surface area contributed by atoms with Crippen LogP contribution >= 0.6 is 11.3 Å². The Hall–Kier alpha value is -6.56. The van der Waals surface area contributed by atoms with Crippen LogP contribution in [0.4, 0.5) is 17.1 Å². The maximum atomic E-state index is 6.08. The van der Waals surface area contributed by atoms with Crippen LogP contribution in [0.15, 0.2) is 180 Å². The van der Waals surface area contributed by atoms with Gasteiger partial charge in [0.25, 0.3) is 0 Å². The Bertz CT molecular complexity index is 2690. The van der Waals surface area contributed by atoms with Gasteiger partial charge in [-0.2, -0.15) is 0 Å². The second-order valence-electron chi connectivity index (χ2n) is 12.7. The van der Waals surface area contributed by atoms with Gasteiger partial charge in [0.05, 0.1) is 10.2 Å². The number of fused-ring (bicyclic) bond motifs is 4. The molecule has 5 heteroatoms. The third-order valence-corrected chi connectivity index (χ3v) is 10.6. The molecule has 2 aromatic heterocycles. The molecule has 0 N–H and O–H groups in total. The molecule has 0 radical (unpaired) electrons. The van der Waals surface area contributed by atoms with Gasteiger partial charge in [-0.25, -0.2) is 9.97 Å². The van der Waals surface area contributed by atoms with E-state index in [1.54, 1.807) is 11.3 Å². The normalized spacial score (nSPS) is 11.5. The van der Waals surface area contributed by atoms with Crippen molar-refractivity contribution >= 4 is 71.3 Å². The fraction of sp³-hybridized carbons (Fsp3) is 0. The molecule has 240 valence electrons. The third kappa shape index (κ3) is 5.41. The van der Waals surface area contributed by atoms with Crippen molar-refractivity contribution in [2.75, 3.05) is 4.90 Å². The van der Waals surface area contributed by atoms with Crippen LogP contribution < -0.4 is 4.90 Å². The van der Waals surface area contributed by atoms with Crippen LogP contribution in [0.25, 0.3) is 76.0 Å². The van der Waals surface area contributed by atoms with Gasteiger partial charge in [-0.15, -0.1) is 11.3 Å². The Morgan fingerprint density at radius 1 is 0.412 bits per heavy atom. The minimum absolute atomic E-state index is 0.613. The zero-order valence-corrected chi connectivity index (χ0v) is 28.2. The molecule has 8 aromatic carbocycles. The molecule has 0 unspecified atom stereocenters. The average molecular weight is 672 g/mol. The Labute approximate surface area is 298 Å². The van der Waals surface area contributed by atoms with E-state index >= 15 is 0 Å². The third-order valence-electron chi connectivity index (χ3n) is 9.50. The molecule has 0 saturated carbocycles. The lowest BCUT2D eigenvalue weighted by Crippen LogP contribution is -2.09. The van der Waals surface area contributed by atoms with Crippen molar-refractivity contribution in [3.05, 3.63) is 176 Å². The number of anilines is 3. The van der Waals surface area contributed by atoms with E-state index in [2.05, 4.69) is 150 Å². The van der Waals surface area contributed by atoms with Crippen molar-refractivity contribution in [1.29, 1.82) is 0 Å². The largest absolute Gasteiger partial charge is 0.436 e. The molecule has 4 nitrogen and oxygen atoms in total. The maximum Gasteiger partial charge on any atom is 0.227 e. The number of nitrogens with zero attached hydrogens (tertiary/aromatic N) is 3. The lowest BCUT2D eigenvalue weighted by atomic mass is 9.98. The van der Waals surface area contributed by atoms with E-state index in [-0.39, 0.29) is 0 Å². The average Bonchev–Trinajstić information content (AvgIpc) is 3.83. The molecule has 0 fully saturated rings.